The number of hydrogen-bond acceptors (Lipinski definition) is 5. The topological polar surface area (TPSA) is 69.1 Å². The highest BCUT2D eigenvalue weighted by atomic mass is 32.2. The maximum absolute atomic E-state index is 11.6. The molecule has 6 nitrogen and oxygen atoms in total. The number of hydrogen-bond donors (Lipinski definition) is 1. The molecule has 2 aromatic rings. The fourth-order valence-corrected chi connectivity index (χ4v) is 2.77. The third kappa shape index (κ3) is 5.35. The Balaban J connectivity index is 1.76. The maximum atomic E-state index is 11.6. The highest BCUT2D eigenvalue weighted by Crippen LogP contribution is 2.19. The smallest absolute Gasteiger partial charge is 0.343 e. The highest BCUT2D eigenvalue weighted by Gasteiger charge is 2.07. The molecule has 0 saturated heterocycles. The van der Waals surface area contributed by atoms with Crippen molar-refractivity contribution in [2.24, 2.45) is 0 Å². The summed E-state index contributed by atoms with van der Waals surface area (Å²) < 4.78 is 12.9. The van der Waals surface area contributed by atoms with Crippen LogP contribution in [-0.2, 0) is 6.54 Å². The zero-order valence-electron chi connectivity index (χ0n) is 13.6. The van der Waals surface area contributed by atoms with Gasteiger partial charge in [-0.25, -0.2) is 9.89 Å². The molecule has 1 aromatic carbocycles. The summed E-state index contributed by atoms with van der Waals surface area (Å²) in [6.07, 6.45) is 1.89. The molecule has 23 heavy (non-hydrogen) atoms. The Hall–Kier alpha value is -1.89. The maximum Gasteiger partial charge on any atom is 0.343 e. The Morgan fingerprint density at radius 1 is 1.09 bits per heavy atom. The van der Waals surface area contributed by atoms with E-state index in [2.05, 4.69) is 17.1 Å². The number of thioether (sulfide) groups is 1. The van der Waals surface area contributed by atoms with E-state index in [0.717, 1.165) is 36.7 Å². The average molecular weight is 337 g/mol. The van der Waals surface area contributed by atoms with Crippen LogP contribution in [0, 0.1) is 0 Å². The summed E-state index contributed by atoms with van der Waals surface area (Å²) in [7, 11) is 0. The molecule has 0 radical (unpaired) electrons. The van der Waals surface area contributed by atoms with Gasteiger partial charge in [0.05, 0.1) is 13.2 Å². The number of benzene rings is 1. The van der Waals surface area contributed by atoms with Crippen LogP contribution >= 0.6 is 11.8 Å². The molecule has 0 aliphatic carbocycles. The lowest BCUT2D eigenvalue weighted by Gasteiger charge is -2.08. The van der Waals surface area contributed by atoms with Gasteiger partial charge in [-0.1, -0.05) is 25.6 Å². The van der Waals surface area contributed by atoms with Gasteiger partial charge in [-0.05, 0) is 37.1 Å². The Labute approximate surface area is 140 Å². The van der Waals surface area contributed by atoms with Crippen LogP contribution in [-0.4, -0.2) is 33.7 Å². The molecule has 0 unspecified atom stereocenters. The predicted octanol–water partition coefficient (Wildman–Crippen LogP) is 2.94. The zero-order chi connectivity index (χ0) is 16.5. The Bertz CT molecular complexity index is 637. The van der Waals surface area contributed by atoms with Crippen LogP contribution < -0.4 is 15.2 Å². The van der Waals surface area contributed by atoms with Crippen LogP contribution in [0.4, 0.5) is 0 Å². The zero-order valence-corrected chi connectivity index (χ0v) is 14.4. The lowest BCUT2D eigenvalue weighted by molar-refractivity contribution is 0.314. The van der Waals surface area contributed by atoms with Crippen molar-refractivity contribution in [3.8, 4) is 11.5 Å². The van der Waals surface area contributed by atoms with E-state index in [-0.39, 0.29) is 5.69 Å². The van der Waals surface area contributed by atoms with E-state index in [1.807, 2.05) is 31.2 Å². The molecule has 0 amide bonds. The van der Waals surface area contributed by atoms with Crippen LogP contribution in [0.3, 0.4) is 0 Å². The van der Waals surface area contributed by atoms with Crippen molar-refractivity contribution < 1.29 is 9.47 Å². The first-order chi connectivity index (χ1) is 11.2. The van der Waals surface area contributed by atoms with Gasteiger partial charge in [0.15, 0.2) is 5.16 Å². The highest BCUT2D eigenvalue weighted by molar-refractivity contribution is 7.99. The van der Waals surface area contributed by atoms with Gasteiger partial charge in [-0.3, -0.25) is 4.57 Å². The van der Waals surface area contributed by atoms with Crippen molar-refractivity contribution in [3.05, 3.63) is 34.7 Å². The van der Waals surface area contributed by atoms with Crippen molar-refractivity contribution in [1.29, 1.82) is 0 Å². The van der Waals surface area contributed by atoms with E-state index < -0.39 is 0 Å². The molecule has 1 heterocycles. The van der Waals surface area contributed by atoms with Crippen LogP contribution in [0.25, 0.3) is 0 Å². The second-order valence-electron chi connectivity index (χ2n) is 4.98. The van der Waals surface area contributed by atoms with Gasteiger partial charge >= 0.3 is 5.69 Å². The monoisotopic (exact) mass is 337 g/mol. The molecule has 0 saturated carbocycles. The standard InChI is InChI=1S/C16H23N3O3S/c1-3-9-19-15(20)17-18-16(19)23-12-11-22-14-7-5-13(6-8-14)21-10-4-2/h5-8H,3-4,9-12H2,1-2H3,(H,17,20). The third-order valence-corrected chi connectivity index (χ3v) is 3.99. The Kier molecular flexibility index (Phi) is 7.06. The molecule has 126 valence electrons. The third-order valence-electron chi connectivity index (χ3n) is 3.05. The minimum atomic E-state index is -0.155. The molecule has 1 N–H and O–H groups in total. The molecule has 0 spiro atoms. The number of aromatic amines is 1. The lowest BCUT2D eigenvalue weighted by atomic mass is 10.3. The van der Waals surface area contributed by atoms with Crippen LogP contribution in [0.15, 0.2) is 34.2 Å². The number of H-pyrrole nitrogens is 1. The summed E-state index contributed by atoms with van der Waals surface area (Å²) in [5.41, 5.74) is -0.155. The first-order valence-electron chi connectivity index (χ1n) is 7.88. The predicted molar refractivity (Wildman–Crippen MR) is 91.6 cm³/mol. The van der Waals surface area contributed by atoms with E-state index in [4.69, 9.17) is 9.47 Å². The molecule has 7 heteroatoms. The number of aromatic nitrogens is 3. The lowest BCUT2D eigenvalue weighted by Crippen LogP contribution is -2.17. The summed E-state index contributed by atoms with van der Waals surface area (Å²) in [5, 5.41) is 7.23. The first kappa shape index (κ1) is 17.5. The number of rotatable bonds is 10. The van der Waals surface area contributed by atoms with Crippen LogP contribution in [0.2, 0.25) is 0 Å². The summed E-state index contributed by atoms with van der Waals surface area (Å²) in [6.45, 7) is 6.06. The molecule has 0 aliphatic heterocycles. The molecule has 2 rings (SSSR count). The van der Waals surface area contributed by atoms with E-state index in [1.54, 1.807) is 4.57 Å². The van der Waals surface area contributed by atoms with Crippen LogP contribution in [0.1, 0.15) is 26.7 Å². The summed E-state index contributed by atoms with van der Waals surface area (Å²) in [4.78, 5) is 11.6. The van der Waals surface area contributed by atoms with E-state index in [1.165, 1.54) is 11.8 Å². The molecular formula is C16H23N3O3S. The quantitative estimate of drug-likeness (QED) is 0.533. The van der Waals surface area contributed by atoms with E-state index >= 15 is 0 Å². The first-order valence-corrected chi connectivity index (χ1v) is 8.86. The van der Waals surface area contributed by atoms with Crippen molar-refractivity contribution in [3.63, 3.8) is 0 Å². The second kappa shape index (κ2) is 9.29. The molecule has 0 bridgehead atoms. The van der Waals surface area contributed by atoms with Crippen molar-refractivity contribution in [1.82, 2.24) is 14.8 Å². The van der Waals surface area contributed by atoms with Crippen molar-refractivity contribution >= 4 is 11.8 Å². The van der Waals surface area contributed by atoms with Gasteiger partial charge < -0.3 is 9.47 Å². The Morgan fingerprint density at radius 2 is 1.74 bits per heavy atom. The fraction of sp³-hybridized carbons (Fsp3) is 0.500. The average Bonchev–Trinajstić information content (AvgIpc) is 2.92. The van der Waals surface area contributed by atoms with E-state index in [9.17, 15) is 4.79 Å². The largest absolute Gasteiger partial charge is 0.494 e. The van der Waals surface area contributed by atoms with Gasteiger partial charge in [-0.15, -0.1) is 5.10 Å². The van der Waals surface area contributed by atoms with Gasteiger partial charge in [0.1, 0.15) is 11.5 Å². The van der Waals surface area contributed by atoms with Crippen molar-refractivity contribution in [2.45, 2.75) is 38.4 Å². The van der Waals surface area contributed by atoms with Gasteiger partial charge in [-0.2, -0.15) is 0 Å². The fourth-order valence-electron chi connectivity index (χ4n) is 1.98. The molecule has 0 aliphatic rings. The SMILES string of the molecule is CCCOc1ccc(OCCSc2n[nH]c(=O)n2CCC)cc1. The van der Waals surface area contributed by atoms with Gasteiger partial charge in [0.2, 0.25) is 0 Å². The molecule has 0 fully saturated rings. The van der Waals surface area contributed by atoms with Gasteiger partial charge in [0.25, 0.3) is 0 Å². The van der Waals surface area contributed by atoms with Gasteiger partial charge in [0, 0.05) is 12.3 Å². The normalized spacial score (nSPS) is 10.7. The second-order valence-corrected chi connectivity index (χ2v) is 6.04. The van der Waals surface area contributed by atoms with Crippen molar-refractivity contribution in [2.75, 3.05) is 19.0 Å². The minimum Gasteiger partial charge on any atom is -0.494 e. The molecule has 0 atom stereocenters. The summed E-state index contributed by atoms with van der Waals surface area (Å²) in [6, 6.07) is 7.62. The molecular weight excluding hydrogens is 314 g/mol. The number of nitrogens with one attached hydrogen (secondary N) is 1. The summed E-state index contributed by atoms with van der Waals surface area (Å²) >= 11 is 1.51. The molecule has 1 aromatic heterocycles. The minimum absolute atomic E-state index is 0.155. The Morgan fingerprint density at radius 3 is 2.35 bits per heavy atom. The summed E-state index contributed by atoms with van der Waals surface area (Å²) in [5.74, 6) is 2.39. The van der Waals surface area contributed by atoms with E-state index in [0.29, 0.717) is 18.3 Å². The van der Waals surface area contributed by atoms with Crippen LogP contribution in [0.5, 0.6) is 11.5 Å². The number of ether oxygens (including phenoxy) is 2. The number of nitrogens with zero attached hydrogens (tertiary/aromatic N) is 2.